The molecule has 1 atom stereocenters. The summed E-state index contributed by atoms with van der Waals surface area (Å²) in [6.45, 7) is 0.591. The van der Waals surface area contributed by atoms with Gasteiger partial charge in [0.2, 0.25) is 11.7 Å². The van der Waals surface area contributed by atoms with E-state index < -0.39 is 0 Å². The van der Waals surface area contributed by atoms with Gasteiger partial charge in [0.1, 0.15) is 17.5 Å². The van der Waals surface area contributed by atoms with Crippen LogP contribution in [0, 0.1) is 0 Å². The van der Waals surface area contributed by atoms with Gasteiger partial charge in [0, 0.05) is 23.2 Å². The molecule has 1 aliphatic rings. The number of amides is 2. The maximum Gasteiger partial charge on any atom is 0.322 e. The van der Waals surface area contributed by atoms with E-state index in [0.717, 1.165) is 18.4 Å². The minimum absolute atomic E-state index is 0.257. The van der Waals surface area contributed by atoms with Crippen LogP contribution in [-0.2, 0) is 0 Å². The summed E-state index contributed by atoms with van der Waals surface area (Å²) in [7, 11) is 3.12. The van der Waals surface area contributed by atoms with E-state index in [1.54, 1.807) is 49.5 Å². The van der Waals surface area contributed by atoms with E-state index in [2.05, 4.69) is 15.5 Å². The first kappa shape index (κ1) is 20.0. The number of methoxy groups -OCH3 is 2. The van der Waals surface area contributed by atoms with Crippen molar-refractivity contribution in [2.24, 2.45) is 0 Å². The van der Waals surface area contributed by atoms with Crippen LogP contribution in [0.25, 0.3) is 11.4 Å². The third-order valence-corrected chi connectivity index (χ3v) is 5.25. The van der Waals surface area contributed by atoms with Crippen molar-refractivity contribution in [1.29, 1.82) is 0 Å². The number of nitrogens with one attached hydrogen (secondary N) is 1. The van der Waals surface area contributed by atoms with Gasteiger partial charge in [-0.05, 0) is 49.2 Å². The van der Waals surface area contributed by atoms with Gasteiger partial charge >= 0.3 is 6.03 Å². The molecule has 2 aromatic carbocycles. The SMILES string of the molecule is COc1ccc(NC(=O)N2CCCC2c2nc(-c3ccc(Cl)cc3)no2)c(OC)c1. The van der Waals surface area contributed by atoms with Crippen molar-refractivity contribution in [2.75, 3.05) is 26.1 Å². The minimum Gasteiger partial charge on any atom is -0.497 e. The zero-order valence-corrected chi connectivity index (χ0v) is 17.3. The molecule has 8 nitrogen and oxygen atoms in total. The zero-order chi connectivity index (χ0) is 21.1. The van der Waals surface area contributed by atoms with E-state index in [0.29, 0.717) is 40.5 Å². The summed E-state index contributed by atoms with van der Waals surface area (Å²) in [4.78, 5) is 19.2. The predicted octanol–water partition coefficient (Wildman–Crippen LogP) is 4.78. The molecule has 3 aromatic rings. The molecule has 9 heteroatoms. The van der Waals surface area contributed by atoms with E-state index in [4.69, 9.17) is 25.6 Å². The maximum atomic E-state index is 13.0. The number of anilines is 1. The maximum absolute atomic E-state index is 13.0. The number of urea groups is 1. The standard InChI is InChI=1S/C21H21ClN4O4/c1-28-15-9-10-16(18(12-15)29-2)23-21(27)26-11-3-4-17(26)20-24-19(25-30-20)13-5-7-14(22)8-6-13/h5-10,12,17H,3-4,11H2,1-2H3,(H,23,27). The smallest absolute Gasteiger partial charge is 0.322 e. The summed E-state index contributed by atoms with van der Waals surface area (Å²) in [5, 5.41) is 7.60. The number of hydrogen-bond donors (Lipinski definition) is 1. The molecule has 0 spiro atoms. The molecule has 0 bridgehead atoms. The fourth-order valence-corrected chi connectivity index (χ4v) is 3.57. The fraction of sp³-hybridized carbons (Fsp3) is 0.286. The molecule has 0 radical (unpaired) electrons. The summed E-state index contributed by atoms with van der Waals surface area (Å²) in [5.41, 5.74) is 1.35. The Hall–Kier alpha value is -3.26. The van der Waals surface area contributed by atoms with E-state index in [-0.39, 0.29) is 12.1 Å². The normalized spacial score (nSPS) is 15.8. The summed E-state index contributed by atoms with van der Waals surface area (Å²) >= 11 is 5.94. The predicted molar refractivity (Wildman–Crippen MR) is 112 cm³/mol. The second-order valence-electron chi connectivity index (χ2n) is 6.81. The molecule has 1 aromatic heterocycles. The van der Waals surface area contributed by atoms with Crippen molar-refractivity contribution in [3.63, 3.8) is 0 Å². The number of halogens is 1. The topological polar surface area (TPSA) is 89.7 Å². The number of benzene rings is 2. The molecule has 1 aliphatic heterocycles. The lowest BCUT2D eigenvalue weighted by molar-refractivity contribution is 0.193. The van der Waals surface area contributed by atoms with Crippen LogP contribution in [0.15, 0.2) is 47.0 Å². The number of likely N-dealkylation sites (tertiary alicyclic amines) is 1. The molecule has 30 heavy (non-hydrogen) atoms. The minimum atomic E-state index is -0.289. The lowest BCUT2D eigenvalue weighted by atomic mass is 10.2. The van der Waals surface area contributed by atoms with Gasteiger partial charge < -0.3 is 24.2 Å². The molecule has 156 valence electrons. The van der Waals surface area contributed by atoms with Crippen molar-refractivity contribution in [2.45, 2.75) is 18.9 Å². The summed E-state index contributed by atoms with van der Waals surface area (Å²) < 4.78 is 16.0. The van der Waals surface area contributed by atoms with Gasteiger partial charge in [0.15, 0.2) is 0 Å². The molecule has 2 heterocycles. The van der Waals surface area contributed by atoms with Gasteiger partial charge in [-0.15, -0.1) is 0 Å². The van der Waals surface area contributed by atoms with Crippen LogP contribution in [0.2, 0.25) is 5.02 Å². The molecule has 4 rings (SSSR count). The molecular weight excluding hydrogens is 408 g/mol. The number of nitrogens with zero attached hydrogens (tertiary/aromatic N) is 3. The third kappa shape index (κ3) is 4.04. The highest BCUT2D eigenvalue weighted by molar-refractivity contribution is 6.30. The average molecular weight is 429 g/mol. The number of carbonyl (C=O) groups excluding carboxylic acids is 1. The Labute approximate surface area is 178 Å². The monoisotopic (exact) mass is 428 g/mol. The average Bonchev–Trinajstić information content (AvgIpc) is 3.44. The van der Waals surface area contributed by atoms with E-state index in [1.165, 1.54) is 0 Å². The molecule has 0 aliphatic carbocycles. The number of aromatic nitrogens is 2. The number of hydrogen-bond acceptors (Lipinski definition) is 6. The largest absolute Gasteiger partial charge is 0.497 e. The summed E-state index contributed by atoms with van der Waals surface area (Å²) in [6, 6.07) is 11.9. The highest BCUT2D eigenvalue weighted by Gasteiger charge is 2.34. The van der Waals surface area contributed by atoms with Crippen LogP contribution >= 0.6 is 11.6 Å². The molecule has 1 unspecified atom stereocenters. The van der Waals surface area contributed by atoms with Gasteiger partial charge in [0.05, 0.1) is 19.9 Å². The van der Waals surface area contributed by atoms with Crippen molar-refractivity contribution in [1.82, 2.24) is 15.0 Å². The number of ether oxygens (including phenoxy) is 2. The lowest BCUT2D eigenvalue weighted by Crippen LogP contribution is -2.34. The second-order valence-corrected chi connectivity index (χ2v) is 7.25. The third-order valence-electron chi connectivity index (χ3n) is 4.99. The Kier molecular flexibility index (Phi) is 5.76. The Morgan fingerprint density at radius 3 is 2.73 bits per heavy atom. The van der Waals surface area contributed by atoms with Crippen LogP contribution in [-0.4, -0.2) is 41.8 Å². The van der Waals surface area contributed by atoms with Crippen LogP contribution in [0.5, 0.6) is 11.5 Å². The highest BCUT2D eigenvalue weighted by Crippen LogP contribution is 2.34. The van der Waals surface area contributed by atoms with Crippen LogP contribution < -0.4 is 14.8 Å². The van der Waals surface area contributed by atoms with Gasteiger partial charge in [-0.2, -0.15) is 4.98 Å². The Bertz CT molecular complexity index is 1040. The molecule has 1 fully saturated rings. The van der Waals surface area contributed by atoms with Gasteiger partial charge in [-0.3, -0.25) is 0 Å². The van der Waals surface area contributed by atoms with Crippen molar-refractivity contribution in [3.05, 3.63) is 53.4 Å². The molecule has 0 saturated carbocycles. The van der Waals surface area contributed by atoms with Crippen LogP contribution in [0.4, 0.5) is 10.5 Å². The van der Waals surface area contributed by atoms with Gasteiger partial charge in [0.25, 0.3) is 0 Å². The second kappa shape index (κ2) is 8.62. The number of rotatable bonds is 5. The summed E-state index contributed by atoms with van der Waals surface area (Å²) in [6.07, 6.45) is 1.59. The van der Waals surface area contributed by atoms with E-state index >= 15 is 0 Å². The quantitative estimate of drug-likeness (QED) is 0.629. The van der Waals surface area contributed by atoms with Crippen molar-refractivity contribution < 1.29 is 18.8 Å². The molecule has 1 N–H and O–H groups in total. The molecule has 2 amide bonds. The first-order valence-electron chi connectivity index (χ1n) is 9.48. The molecular formula is C21H21ClN4O4. The fourth-order valence-electron chi connectivity index (χ4n) is 3.44. The zero-order valence-electron chi connectivity index (χ0n) is 16.6. The summed E-state index contributed by atoms with van der Waals surface area (Å²) in [5.74, 6) is 2.03. The first-order valence-corrected chi connectivity index (χ1v) is 9.86. The van der Waals surface area contributed by atoms with Gasteiger partial charge in [-0.25, -0.2) is 4.79 Å². The Morgan fingerprint density at radius 2 is 2.00 bits per heavy atom. The van der Waals surface area contributed by atoms with Crippen molar-refractivity contribution in [3.8, 4) is 22.9 Å². The lowest BCUT2D eigenvalue weighted by Gasteiger charge is -2.23. The van der Waals surface area contributed by atoms with Crippen molar-refractivity contribution >= 4 is 23.3 Å². The number of carbonyl (C=O) groups is 1. The Morgan fingerprint density at radius 1 is 1.20 bits per heavy atom. The van der Waals surface area contributed by atoms with Crippen LogP contribution in [0.3, 0.4) is 0 Å². The van der Waals surface area contributed by atoms with E-state index in [9.17, 15) is 4.79 Å². The van der Waals surface area contributed by atoms with E-state index in [1.807, 2.05) is 12.1 Å². The first-order chi connectivity index (χ1) is 14.6. The van der Waals surface area contributed by atoms with Crippen LogP contribution in [0.1, 0.15) is 24.8 Å². The highest BCUT2D eigenvalue weighted by atomic mass is 35.5. The Balaban J connectivity index is 1.51. The molecule has 1 saturated heterocycles. The van der Waals surface area contributed by atoms with Gasteiger partial charge in [-0.1, -0.05) is 16.8 Å².